The lowest BCUT2D eigenvalue weighted by Gasteiger charge is -2.31. The molecule has 1 fully saturated rings. The zero-order valence-corrected chi connectivity index (χ0v) is 12.0. The van der Waals surface area contributed by atoms with Gasteiger partial charge >= 0.3 is 0 Å². The fourth-order valence-corrected chi connectivity index (χ4v) is 3.01. The van der Waals surface area contributed by atoms with Gasteiger partial charge in [-0.25, -0.2) is 0 Å². The van der Waals surface area contributed by atoms with Crippen LogP contribution < -0.4 is 5.73 Å². The van der Waals surface area contributed by atoms with Crippen LogP contribution in [-0.2, 0) is 0 Å². The van der Waals surface area contributed by atoms with Crippen LogP contribution in [0.5, 0.6) is 0 Å². The van der Waals surface area contributed by atoms with Gasteiger partial charge in [-0.05, 0) is 70.1 Å². The minimum Gasteiger partial charge on any atom is -0.330 e. The minimum atomic E-state index is 0.862. The van der Waals surface area contributed by atoms with Gasteiger partial charge in [0.2, 0.25) is 0 Å². The molecule has 102 valence electrons. The summed E-state index contributed by atoms with van der Waals surface area (Å²) in [5, 5.41) is 0. The molecular formula is C15H32N2. The Morgan fingerprint density at radius 3 is 2.41 bits per heavy atom. The summed E-state index contributed by atoms with van der Waals surface area (Å²) in [4.78, 5) is 2.67. The van der Waals surface area contributed by atoms with E-state index >= 15 is 0 Å². The molecule has 0 spiro atoms. The van der Waals surface area contributed by atoms with E-state index in [1.807, 2.05) is 0 Å². The van der Waals surface area contributed by atoms with Crippen LogP contribution in [0.3, 0.4) is 0 Å². The summed E-state index contributed by atoms with van der Waals surface area (Å²) in [6.45, 7) is 9.49. The lowest BCUT2D eigenvalue weighted by atomic mass is 9.93. The maximum Gasteiger partial charge on any atom is -0.00161 e. The molecule has 2 nitrogen and oxygen atoms in total. The highest BCUT2D eigenvalue weighted by molar-refractivity contribution is 4.71. The molecule has 0 saturated carbocycles. The molecule has 1 aliphatic heterocycles. The summed E-state index contributed by atoms with van der Waals surface area (Å²) in [5.41, 5.74) is 5.64. The molecule has 0 radical (unpaired) electrons. The molecular weight excluding hydrogens is 208 g/mol. The van der Waals surface area contributed by atoms with E-state index in [0.29, 0.717) is 0 Å². The lowest BCUT2D eigenvalue weighted by Crippen LogP contribution is -2.34. The maximum atomic E-state index is 5.64. The second-order valence-electron chi connectivity index (χ2n) is 5.69. The summed E-state index contributed by atoms with van der Waals surface area (Å²) in [6, 6.07) is 0. The minimum absolute atomic E-state index is 0.862. The number of hydrogen-bond donors (Lipinski definition) is 1. The summed E-state index contributed by atoms with van der Waals surface area (Å²) < 4.78 is 0. The van der Waals surface area contributed by atoms with Crippen molar-refractivity contribution >= 4 is 0 Å². The largest absolute Gasteiger partial charge is 0.330 e. The van der Waals surface area contributed by atoms with Gasteiger partial charge in [-0.2, -0.15) is 0 Å². The van der Waals surface area contributed by atoms with E-state index in [2.05, 4.69) is 18.7 Å². The summed E-state index contributed by atoms with van der Waals surface area (Å²) >= 11 is 0. The number of likely N-dealkylation sites (tertiary alicyclic amines) is 1. The summed E-state index contributed by atoms with van der Waals surface area (Å²) in [6.07, 6.45) is 9.50. The molecule has 1 heterocycles. The van der Waals surface area contributed by atoms with Gasteiger partial charge in [0, 0.05) is 0 Å². The van der Waals surface area contributed by atoms with Crippen molar-refractivity contribution in [3.05, 3.63) is 0 Å². The predicted molar refractivity (Wildman–Crippen MR) is 76.1 cm³/mol. The number of piperidine rings is 1. The molecule has 0 aromatic carbocycles. The van der Waals surface area contributed by atoms with Gasteiger partial charge in [-0.3, -0.25) is 0 Å². The molecule has 0 aliphatic carbocycles. The topological polar surface area (TPSA) is 29.3 Å². The molecule has 1 saturated heterocycles. The number of nitrogens with zero attached hydrogens (tertiary/aromatic N) is 1. The van der Waals surface area contributed by atoms with Crippen LogP contribution in [0, 0.1) is 11.8 Å². The highest BCUT2D eigenvalue weighted by Gasteiger charge is 2.17. The Kier molecular flexibility index (Phi) is 7.87. The van der Waals surface area contributed by atoms with Crippen molar-refractivity contribution in [1.29, 1.82) is 0 Å². The zero-order chi connectivity index (χ0) is 12.5. The van der Waals surface area contributed by atoms with Crippen LogP contribution in [0.1, 0.15) is 58.8 Å². The fraction of sp³-hybridized carbons (Fsp3) is 1.00. The molecule has 1 aliphatic rings. The Morgan fingerprint density at radius 2 is 1.88 bits per heavy atom. The zero-order valence-electron chi connectivity index (χ0n) is 12.0. The van der Waals surface area contributed by atoms with Gasteiger partial charge in [-0.15, -0.1) is 0 Å². The molecule has 2 N–H and O–H groups in total. The highest BCUT2D eigenvalue weighted by atomic mass is 15.1. The first-order valence-corrected chi connectivity index (χ1v) is 7.72. The third kappa shape index (κ3) is 5.87. The first-order chi connectivity index (χ1) is 8.30. The molecule has 0 aromatic rings. The van der Waals surface area contributed by atoms with Gasteiger partial charge in [0.15, 0.2) is 0 Å². The van der Waals surface area contributed by atoms with Crippen LogP contribution >= 0.6 is 0 Å². The number of rotatable bonds is 8. The molecule has 2 heteroatoms. The monoisotopic (exact) mass is 240 g/mol. The first kappa shape index (κ1) is 15.0. The summed E-state index contributed by atoms with van der Waals surface area (Å²) in [5.74, 6) is 1.88. The Labute approximate surface area is 108 Å². The second kappa shape index (κ2) is 8.93. The third-order valence-electron chi connectivity index (χ3n) is 4.52. The molecule has 17 heavy (non-hydrogen) atoms. The van der Waals surface area contributed by atoms with Crippen LogP contribution in [0.25, 0.3) is 0 Å². The van der Waals surface area contributed by atoms with E-state index in [-0.39, 0.29) is 0 Å². The Hall–Kier alpha value is -0.0800. The quantitative estimate of drug-likeness (QED) is 0.705. The van der Waals surface area contributed by atoms with Crippen molar-refractivity contribution in [2.75, 3.05) is 26.2 Å². The van der Waals surface area contributed by atoms with Crippen molar-refractivity contribution in [3.8, 4) is 0 Å². The van der Waals surface area contributed by atoms with E-state index in [1.165, 1.54) is 64.6 Å². The van der Waals surface area contributed by atoms with Crippen LogP contribution in [0.2, 0.25) is 0 Å². The number of nitrogens with two attached hydrogens (primary N) is 1. The molecule has 0 amide bonds. The van der Waals surface area contributed by atoms with Gasteiger partial charge in [0.25, 0.3) is 0 Å². The standard InChI is InChI=1S/C15H32N2/c1-3-14(7-10-16)6-5-11-17-12-8-15(4-2)9-13-17/h14-15H,3-13,16H2,1-2H3. The van der Waals surface area contributed by atoms with Crippen molar-refractivity contribution < 1.29 is 0 Å². The third-order valence-corrected chi connectivity index (χ3v) is 4.52. The van der Waals surface area contributed by atoms with Crippen LogP contribution in [0.15, 0.2) is 0 Å². The van der Waals surface area contributed by atoms with Crippen molar-refractivity contribution in [1.82, 2.24) is 4.90 Å². The molecule has 0 bridgehead atoms. The Morgan fingerprint density at radius 1 is 1.18 bits per heavy atom. The molecule has 1 rings (SSSR count). The van der Waals surface area contributed by atoms with Crippen LogP contribution in [-0.4, -0.2) is 31.1 Å². The van der Waals surface area contributed by atoms with Gasteiger partial charge in [0.1, 0.15) is 0 Å². The van der Waals surface area contributed by atoms with Crippen molar-refractivity contribution in [2.45, 2.75) is 58.8 Å². The van der Waals surface area contributed by atoms with E-state index in [1.54, 1.807) is 0 Å². The fourth-order valence-electron chi connectivity index (χ4n) is 3.01. The molecule has 1 unspecified atom stereocenters. The van der Waals surface area contributed by atoms with Crippen LogP contribution in [0.4, 0.5) is 0 Å². The Balaban J connectivity index is 2.06. The van der Waals surface area contributed by atoms with E-state index < -0.39 is 0 Å². The SMILES string of the molecule is CCC(CCN)CCCN1CCC(CC)CC1. The Bertz CT molecular complexity index is 174. The highest BCUT2D eigenvalue weighted by Crippen LogP contribution is 2.21. The summed E-state index contributed by atoms with van der Waals surface area (Å²) in [7, 11) is 0. The molecule has 0 aromatic heterocycles. The van der Waals surface area contributed by atoms with Crippen molar-refractivity contribution in [2.24, 2.45) is 17.6 Å². The average Bonchev–Trinajstić information content (AvgIpc) is 2.38. The smallest absolute Gasteiger partial charge is 0.00161 e. The van der Waals surface area contributed by atoms with Gasteiger partial charge in [-0.1, -0.05) is 26.7 Å². The van der Waals surface area contributed by atoms with E-state index in [4.69, 9.17) is 5.73 Å². The average molecular weight is 240 g/mol. The maximum absolute atomic E-state index is 5.64. The first-order valence-electron chi connectivity index (χ1n) is 7.72. The van der Waals surface area contributed by atoms with Crippen molar-refractivity contribution in [3.63, 3.8) is 0 Å². The van der Waals surface area contributed by atoms with Gasteiger partial charge < -0.3 is 10.6 Å². The van der Waals surface area contributed by atoms with Gasteiger partial charge in [0.05, 0.1) is 0 Å². The number of hydrogen-bond acceptors (Lipinski definition) is 2. The predicted octanol–water partition coefficient (Wildman–Crippen LogP) is 3.26. The van der Waals surface area contributed by atoms with E-state index in [0.717, 1.165) is 18.4 Å². The normalized spacial score (nSPS) is 20.6. The second-order valence-corrected chi connectivity index (χ2v) is 5.69. The lowest BCUT2D eigenvalue weighted by molar-refractivity contribution is 0.176. The van der Waals surface area contributed by atoms with E-state index in [9.17, 15) is 0 Å². The molecule has 1 atom stereocenters.